The molecule has 0 saturated carbocycles. The Morgan fingerprint density at radius 3 is 2.00 bits per heavy atom. The van der Waals surface area contributed by atoms with Crippen LogP contribution in [0.5, 0.6) is 0 Å². The van der Waals surface area contributed by atoms with Crippen LogP contribution in [0.2, 0.25) is 0 Å². The first kappa shape index (κ1) is 11.9. The van der Waals surface area contributed by atoms with Crippen LogP contribution in [0, 0.1) is 11.8 Å². The molecule has 3 unspecified atom stereocenters. The van der Waals surface area contributed by atoms with E-state index in [1.807, 2.05) is 6.92 Å². The lowest BCUT2D eigenvalue weighted by molar-refractivity contribution is 0.0580. The average Bonchev–Trinajstić information content (AvgIpc) is 1.98. The molecule has 0 bridgehead atoms. The SMILES string of the molecule is CCCC(C(C)C)C(O)C(C)N. The van der Waals surface area contributed by atoms with E-state index in [1.165, 1.54) is 0 Å². The first-order chi connectivity index (χ1) is 5.50. The second-order valence-corrected chi connectivity index (χ2v) is 4.05. The van der Waals surface area contributed by atoms with Crippen LogP contribution in [0.1, 0.15) is 40.5 Å². The smallest absolute Gasteiger partial charge is 0.0718 e. The largest absolute Gasteiger partial charge is 0.391 e. The summed E-state index contributed by atoms with van der Waals surface area (Å²) in [5.74, 6) is 0.876. The predicted octanol–water partition coefficient (Wildman–Crippen LogP) is 1.77. The molecule has 0 aromatic rings. The monoisotopic (exact) mass is 173 g/mol. The molecular formula is C10H23NO. The maximum atomic E-state index is 9.76. The third kappa shape index (κ3) is 3.55. The summed E-state index contributed by atoms with van der Waals surface area (Å²) >= 11 is 0. The van der Waals surface area contributed by atoms with Gasteiger partial charge >= 0.3 is 0 Å². The molecule has 3 atom stereocenters. The van der Waals surface area contributed by atoms with Crippen LogP contribution < -0.4 is 5.73 Å². The molecule has 3 N–H and O–H groups in total. The first-order valence-electron chi connectivity index (χ1n) is 4.94. The van der Waals surface area contributed by atoms with Gasteiger partial charge in [0.1, 0.15) is 0 Å². The fourth-order valence-corrected chi connectivity index (χ4v) is 1.62. The quantitative estimate of drug-likeness (QED) is 0.665. The summed E-state index contributed by atoms with van der Waals surface area (Å²) in [6, 6.07) is -0.107. The third-order valence-electron chi connectivity index (χ3n) is 2.46. The maximum Gasteiger partial charge on any atom is 0.0718 e. The zero-order valence-electron chi connectivity index (χ0n) is 8.75. The van der Waals surface area contributed by atoms with Crippen LogP contribution in [-0.2, 0) is 0 Å². The van der Waals surface area contributed by atoms with E-state index in [4.69, 9.17) is 5.73 Å². The van der Waals surface area contributed by atoms with E-state index in [0.29, 0.717) is 11.8 Å². The molecule has 0 radical (unpaired) electrons. The van der Waals surface area contributed by atoms with Crippen molar-refractivity contribution in [1.82, 2.24) is 0 Å². The van der Waals surface area contributed by atoms with Crippen molar-refractivity contribution < 1.29 is 5.11 Å². The van der Waals surface area contributed by atoms with Gasteiger partial charge in [0, 0.05) is 6.04 Å². The van der Waals surface area contributed by atoms with Gasteiger partial charge in [-0.15, -0.1) is 0 Å². The van der Waals surface area contributed by atoms with E-state index in [1.54, 1.807) is 0 Å². The minimum Gasteiger partial charge on any atom is -0.391 e. The van der Waals surface area contributed by atoms with E-state index in [2.05, 4.69) is 20.8 Å². The Balaban J connectivity index is 4.09. The van der Waals surface area contributed by atoms with Gasteiger partial charge in [0.15, 0.2) is 0 Å². The Labute approximate surface area is 76.2 Å². The van der Waals surface area contributed by atoms with Gasteiger partial charge in [-0.05, 0) is 25.2 Å². The Kier molecular flexibility index (Phi) is 5.51. The second-order valence-electron chi connectivity index (χ2n) is 4.05. The minimum absolute atomic E-state index is 0.107. The Morgan fingerprint density at radius 2 is 1.75 bits per heavy atom. The fourth-order valence-electron chi connectivity index (χ4n) is 1.62. The van der Waals surface area contributed by atoms with Crippen molar-refractivity contribution in [2.75, 3.05) is 0 Å². The molecule has 0 heterocycles. The summed E-state index contributed by atoms with van der Waals surface area (Å²) in [4.78, 5) is 0. The summed E-state index contributed by atoms with van der Waals surface area (Å²) in [5.41, 5.74) is 5.65. The standard InChI is InChI=1S/C10H23NO/c1-5-6-9(7(2)3)10(12)8(4)11/h7-10,12H,5-6,11H2,1-4H3. The number of aliphatic hydroxyl groups is 1. The van der Waals surface area contributed by atoms with Gasteiger partial charge in [-0.1, -0.05) is 27.2 Å². The molecule has 2 nitrogen and oxygen atoms in total. The lowest BCUT2D eigenvalue weighted by Crippen LogP contribution is -2.39. The van der Waals surface area contributed by atoms with Crippen LogP contribution in [0.15, 0.2) is 0 Å². The fraction of sp³-hybridized carbons (Fsp3) is 1.00. The van der Waals surface area contributed by atoms with Crippen LogP contribution in [0.25, 0.3) is 0 Å². The lowest BCUT2D eigenvalue weighted by Gasteiger charge is -2.28. The number of nitrogens with two attached hydrogens (primary N) is 1. The van der Waals surface area contributed by atoms with Crippen LogP contribution in [-0.4, -0.2) is 17.3 Å². The second kappa shape index (κ2) is 5.55. The Hall–Kier alpha value is -0.0800. The molecule has 0 amide bonds. The molecule has 0 aliphatic rings. The minimum atomic E-state index is -0.343. The average molecular weight is 173 g/mol. The molecule has 74 valence electrons. The van der Waals surface area contributed by atoms with Gasteiger partial charge in [-0.2, -0.15) is 0 Å². The number of hydrogen-bond donors (Lipinski definition) is 2. The molecular weight excluding hydrogens is 150 g/mol. The molecule has 12 heavy (non-hydrogen) atoms. The normalized spacial score (nSPS) is 19.2. The molecule has 2 heteroatoms. The predicted molar refractivity (Wildman–Crippen MR) is 52.9 cm³/mol. The summed E-state index contributed by atoms with van der Waals surface area (Å²) in [5, 5.41) is 9.76. The zero-order valence-corrected chi connectivity index (χ0v) is 8.75. The first-order valence-corrected chi connectivity index (χ1v) is 4.94. The van der Waals surface area contributed by atoms with Gasteiger partial charge in [-0.25, -0.2) is 0 Å². The van der Waals surface area contributed by atoms with Crippen molar-refractivity contribution in [3.8, 4) is 0 Å². The molecule has 0 aliphatic carbocycles. The van der Waals surface area contributed by atoms with Gasteiger partial charge < -0.3 is 10.8 Å². The summed E-state index contributed by atoms with van der Waals surface area (Å²) < 4.78 is 0. The summed E-state index contributed by atoms with van der Waals surface area (Å²) in [6.45, 7) is 8.30. The van der Waals surface area contributed by atoms with Crippen molar-refractivity contribution in [3.05, 3.63) is 0 Å². The highest BCUT2D eigenvalue weighted by atomic mass is 16.3. The maximum absolute atomic E-state index is 9.76. The molecule has 0 fully saturated rings. The lowest BCUT2D eigenvalue weighted by atomic mass is 9.84. The molecule has 0 rings (SSSR count). The highest BCUT2D eigenvalue weighted by Crippen LogP contribution is 2.22. The number of aliphatic hydroxyl groups excluding tert-OH is 1. The number of rotatable bonds is 5. The van der Waals surface area contributed by atoms with Crippen LogP contribution in [0.4, 0.5) is 0 Å². The van der Waals surface area contributed by atoms with Gasteiger partial charge in [0.2, 0.25) is 0 Å². The van der Waals surface area contributed by atoms with E-state index >= 15 is 0 Å². The van der Waals surface area contributed by atoms with Crippen molar-refractivity contribution >= 4 is 0 Å². The zero-order chi connectivity index (χ0) is 9.72. The van der Waals surface area contributed by atoms with E-state index < -0.39 is 0 Å². The molecule has 0 saturated heterocycles. The van der Waals surface area contributed by atoms with E-state index in [9.17, 15) is 5.11 Å². The molecule has 0 aromatic heterocycles. The van der Waals surface area contributed by atoms with Crippen molar-refractivity contribution in [2.24, 2.45) is 17.6 Å². The Morgan fingerprint density at radius 1 is 1.25 bits per heavy atom. The Bertz CT molecular complexity index is 112. The highest BCUT2D eigenvalue weighted by Gasteiger charge is 2.24. The number of hydrogen-bond acceptors (Lipinski definition) is 2. The van der Waals surface area contributed by atoms with Crippen LogP contribution >= 0.6 is 0 Å². The third-order valence-corrected chi connectivity index (χ3v) is 2.46. The van der Waals surface area contributed by atoms with Crippen molar-refractivity contribution in [3.63, 3.8) is 0 Å². The van der Waals surface area contributed by atoms with Gasteiger partial charge in [-0.3, -0.25) is 0 Å². The van der Waals surface area contributed by atoms with Crippen molar-refractivity contribution in [1.29, 1.82) is 0 Å². The topological polar surface area (TPSA) is 46.2 Å². The van der Waals surface area contributed by atoms with Gasteiger partial charge in [0.25, 0.3) is 0 Å². The molecule has 0 spiro atoms. The summed E-state index contributed by atoms with van der Waals surface area (Å²) in [7, 11) is 0. The van der Waals surface area contributed by atoms with Gasteiger partial charge in [0.05, 0.1) is 6.10 Å². The highest BCUT2D eigenvalue weighted by molar-refractivity contribution is 4.77. The molecule has 0 aliphatic heterocycles. The molecule has 0 aromatic carbocycles. The summed E-state index contributed by atoms with van der Waals surface area (Å²) in [6.07, 6.45) is 1.84. The van der Waals surface area contributed by atoms with Crippen molar-refractivity contribution in [2.45, 2.75) is 52.7 Å². The van der Waals surface area contributed by atoms with E-state index in [0.717, 1.165) is 12.8 Å². The van der Waals surface area contributed by atoms with Crippen LogP contribution in [0.3, 0.4) is 0 Å². The van der Waals surface area contributed by atoms with E-state index in [-0.39, 0.29) is 12.1 Å².